The lowest BCUT2D eigenvalue weighted by molar-refractivity contribution is -0.186. The molecular formula is C33H30F7N3O6S. The average molecular weight is 730 g/mol. The van der Waals surface area contributed by atoms with E-state index in [9.17, 15) is 58.6 Å². The average Bonchev–Trinajstić information content (AvgIpc) is 3.06. The highest BCUT2D eigenvalue weighted by Gasteiger charge is 2.44. The second-order valence-electron chi connectivity index (χ2n) is 12.2. The van der Waals surface area contributed by atoms with Gasteiger partial charge >= 0.3 is 24.2 Å². The molecule has 9 nitrogen and oxygen atoms in total. The van der Waals surface area contributed by atoms with Crippen molar-refractivity contribution in [3.8, 4) is 0 Å². The third-order valence-corrected chi connectivity index (χ3v) is 10.9. The van der Waals surface area contributed by atoms with E-state index in [2.05, 4.69) is 5.32 Å². The summed E-state index contributed by atoms with van der Waals surface area (Å²) in [5.41, 5.74) is -0.230. The molecule has 1 aliphatic heterocycles. The van der Waals surface area contributed by atoms with Gasteiger partial charge in [0.05, 0.1) is 33.7 Å². The first-order valence-electron chi connectivity index (χ1n) is 15.3. The number of nitrogens with zero attached hydrogens (tertiary/aromatic N) is 2. The van der Waals surface area contributed by atoms with Gasteiger partial charge in [-0.15, -0.1) is 0 Å². The summed E-state index contributed by atoms with van der Waals surface area (Å²) in [6, 6.07) is 11.5. The van der Waals surface area contributed by atoms with E-state index >= 15 is 0 Å². The van der Waals surface area contributed by atoms with Crippen LogP contribution in [-0.2, 0) is 43.5 Å². The number of alkyl halides is 6. The number of carbonyl (C=O) groups excluding carboxylic acids is 2. The van der Waals surface area contributed by atoms with Crippen LogP contribution in [0.3, 0.4) is 0 Å². The van der Waals surface area contributed by atoms with E-state index in [1.54, 1.807) is 0 Å². The molecule has 3 aromatic carbocycles. The van der Waals surface area contributed by atoms with E-state index in [0.29, 0.717) is 40.5 Å². The van der Waals surface area contributed by atoms with Crippen LogP contribution in [0.4, 0.5) is 42.1 Å². The van der Waals surface area contributed by atoms with E-state index in [1.165, 1.54) is 49.5 Å². The van der Waals surface area contributed by atoms with Gasteiger partial charge in [-0.05, 0) is 84.3 Å². The van der Waals surface area contributed by atoms with Gasteiger partial charge in [0.25, 0.3) is 10.0 Å². The normalized spacial score (nSPS) is 19.8. The maximum absolute atomic E-state index is 14.4. The zero-order valence-electron chi connectivity index (χ0n) is 26.2. The summed E-state index contributed by atoms with van der Waals surface area (Å²) in [7, 11) is -2.89. The number of hydrogen-bond donors (Lipinski definition) is 2. The lowest BCUT2D eigenvalue weighted by atomic mass is 9.69. The maximum Gasteiger partial charge on any atom is 0.471 e. The third kappa shape index (κ3) is 7.41. The summed E-state index contributed by atoms with van der Waals surface area (Å²) in [4.78, 5) is 37.8. The number of nitrogens with one attached hydrogen (secondary N) is 1. The molecule has 2 N–H and O–H groups in total. The molecule has 0 aromatic heterocycles. The lowest BCUT2D eigenvalue weighted by Gasteiger charge is -2.35. The van der Waals surface area contributed by atoms with Crippen LogP contribution in [-0.4, -0.2) is 56.0 Å². The van der Waals surface area contributed by atoms with Crippen molar-refractivity contribution in [1.29, 1.82) is 0 Å². The lowest BCUT2D eigenvalue weighted by Crippen LogP contribution is -2.43. The van der Waals surface area contributed by atoms with Crippen LogP contribution in [0.15, 0.2) is 65.6 Å². The zero-order valence-corrected chi connectivity index (χ0v) is 27.0. The number of carboxylic acid groups (broad SMARTS) is 1. The van der Waals surface area contributed by atoms with Gasteiger partial charge in [-0.1, -0.05) is 24.6 Å². The number of amides is 2. The number of benzene rings is 3. The molecule has 0 radical (unpaired) electrons. The monoisotopic (exact) mass is 729 g/mol. The van der Waals surface area contributed by atoms with Gasteiger partial charge in [0.2, 0.25) is 5.91 Å². The molecule has 50 heavy (non-hydrogen) atoms. The number of anilines is 2. The molecule has 0 bridgehead atoms. The second kappa shape index (κ2) is 13.6. The van der Waals surface area contributed by atoms with Gasteiger partial charge in [0, 0.05) is 20.1 Å². The van der Waals surface area contributed by atoms with E-state index in [4.69, 9.17) is 0 Å². The highest BCUT2D eigenvalue weighted by Crippen LogP contribution is 2.43. The van der Waals surface area contributed by atoms with E-state index in [0.717, 1.165) is 10.4 Å². The first-order chi connectivity index (χ1) is 23.3. The SMILES string of the molecule is CN(c1ccc([C@H]2CCC[C@@H](C(=O)Nc3ccc(C(F)(F)F)cc3F)[C@@H]2C(=O)O)cc1)S(=O)(=O)c1ccc2c(c1)CCN(C(=O)C(F)(F)F)C2. The molecule has 0 saturated heterocycles. The number of carboxylic acids is 1. The fourth-order valence-corrected chi connectivity index (χ4v) is 7.75. The van der Waals surface area contributed by atoms with Gasteiger partial charge in [0.15, 0.2) is 0 Å². The first kappa shape index (κ1) is 36.6. The second-order valence-corrected chi connectivity index (χ2v) is 14.1. The molecule has 0 unspecified atom stereocenters. The van der Waals surface area contributed by atoms with Gasteiger partial charge in [-0.25, -0.2) is 12.8 Å². The number of aliphatic carboxylic acids is 1. The summed E-state index contributed by atoms with van der Waals surface area (Å²) in [6.07, 6.45) is -8.94. The molecule has 3 aromatic rings. The molecule has 17 heteroatoms. The van der Waals surface area contributed by atoms with Gasteiger partial charge < -0.3 is 15.3 Å². The minimum atomic E-state index is -5.03. The topological polar surface area (TPSA) is 124 Å². The number of fused-ring (bicyclic) bond motifs is 1. The summed E-state index contributed by atoms with van der Waals surface area (Å²) in [5.74, 6) is -8.64. The fourth-order valence-electron chi connectivity index (χ4n) is 6.50. The predicted molar refractivity (Wildman–Crippen MR) is 165 cm³/mol. The minimum absolute atomic E-state index is 0.0172. The largest absolute Gasteiger partial charge is 0.481 e. The molecule has 2 aliphatic rings. The Hall–Kier alpha value is -4.67. The Kier molecular flexibility index (Phi) is 9.93. The van der Waals surface area contributed by atoms with Crippen molar-refractivity contribution in [2.24, 2.45) is 11.8 Å². The minimum Gasteiger partial charge on any atom is -0.481 e. The standard InChI is InChI=1S/C33H30F7N3O6S/c1-42(50(48,49)23-11-7-20-17-43(14-13-19(20)15-23)31(47)33(38,39)40)22-9-5-18(6-10-22)24-3-2-4-25(28(24)30(45)46)29(44)41-27-12-8-21(16-26(27)34)32(35,36)37/h5-12,15-16,24-25,28H,2-4,13-14,17H2,1H3,(H,41,44)(H,45,46)/t24-,25-,28-/m1/s1. The molecule has 268 valence electrons. The van der Waals surface area contributed by atoms with Crippen LogP contribution in [0.1, 0.15) is 47.4 Å². The van der Waals surface area contributed by atoms with E-state index in [1.807, 2.05) is 0 Å². The van der Waals surface area contributed by atoms with E-state index in [-0.39, 0.29) is 42.6 Å². The van der Waals surface area contributed by atoms with Crippen LogP contribution in [0.2, 0.25) is 0 Å². The maximum atomic E-state index is 14.4. The molecule has 1 aliphatic carbocycles. The van der Waals surface area contributed by atoms with Gasteiger partial charge in [0.1, 0.15) is 5.82 Å². The zero-order chi connectivity index (χ0) is 36.8. The van der Waals surface area contributed by atoms with Crippen molar-refractivity contribution in [3.05, 3.63) is 88.7 Å². The summed E-state index contributed by atoms with van der Waals surface area (Å²) in [6.45, 7) is -0.558. The summed E-state index contributed by atoms with van der Waals surface area (Å²) in [5, 5.41) is 12.4. The highest BCUT2D eigenvalue weighted by atomic mass is 32.2. The van der Waals surface area contributed by atoms with Gasteiger partial charge in [-0.2, -0.15) is 26.3 Å². The molecule has 5 rings (SSSR count). The Morgan fingerprint density at radius 1 is 0.920 bits per heavy atom. The van der Waals surface area contributed by atoms with Crippen molar-refractivity contribution in [3.63, 3.8) is 0 Å². The first-order valence-corrected chi connectivity index (χ1v) is 16.7. The van der Waals surface area contributed by atoms with Crippen LogP contribution < -0.4 is 9.62 Å². The highest BCUT2D eigenvalue weighted by molar-refractivity contribution is 7.92. The van der Waals surface area contributed by atoms with Crippen LogP contribution >= 0.6 is 0 Å². The van der Waals surface area contributed by atoms with Crippen molar-refractivity contribution in [1.82, 2.24) is 4.90 Å². The Balaban J connectivity index is 1.31. The molecule has 1 heterocycles. The van der Waals surface area contributed by atoms with Crippen LogP contribution in [0.5, 0.6) is 0 Å². The fraction of sp³-hybridized carbons (Fsp3) is 0.364. The molecular weight excluding hydrogens is 699 g/mol. The number of hydrogen-bond acceptors (Lipinski definition) is 5. The quantitative estimate of drug-likeness (QED) is 0.274. The Labute approximate surface area is 281 Å². The molecule has 1 fully saturated rings. The number of sulfonamides is 1. The summed E-state index contributed by atoms with van der Waals surface area (Å²) < 4.78 is 120. The number of carbonyl (C=O) groups is 3. The Bertz CT molecular complexity index is 1920. The van der Waals surface area contributed by atoms with Crippen molar-refractivity contribution in [2.75, 3.05) is 23.2 Å². The third-order valence-electron chi connectivity index (χ3n) is 9.14. The van der Waals surface area contributed by atoms with E-state index < -0.39 is 75.0 Å². The van der Waals surface area contributed by atoms with Crippen molar-refractivity contribution >= 4 is 39.2 Å². The molecule has 1 saturated carbocycles. The van der Waals surface area contributed by atoms with Crippen molar-refractivity contribution in [2.45, 2.75) is 55.4 Å². The molecule has 2 amide bonds. The smallest absolute Gasteiger partial charge is 0.471 e. The summed E-state index contributed by atoms with van der Waals surface area (Å²) >= 11 is 0. The number of rotatable bonds is 7. The van der Waals surface area contributed by atoms with Gasteiger partial charge in [-0.3, -0.25) is 18.7 Å². The predicted octanol–water partition coefficient (Wildman–Crippen LogP) is 6.34. The Morgan fingerprint density at radius 3 is 2.20 bits per heavy atom. The number of halogens is 7. The van der Waals surface area contributed by atoms with Crippen LogP contribution in [0, 0.1) is 17.7 Å². The molecule has 0 spiro atoms. The van der Waals surface area contributed by atoms with Crippen LogP contribution in [0.25, 0.3) is 0 Å². The molecule has 3 atom stereocenters. The Morgan fingerprint density at radius 2 is 1.60 bits per heavy atom. The van der Waals surface area contributed by atoms with Crippen molar-refractivity contribution < 1.29 is 58.6 Å².